The minimum absolute atomic E-state index is 0.121. The van der Waals surface area contributed by atoms with Crippen LogP contribution < -0.4 is 10.6 Å². The number of benzene rings is 1. The van der Waals surface area contributed by atoms with Gasteiger partial charge in [0, 0.05) is 11.2 Å². The third-order valence-corrected chi connectivity index (χ3v) is 3.76. The lowest BCUT2D eigenvalue weighted by Gasteiger charge is -2.08. The molecule has 0 bridgehead atoms. The molecular formula is C19H17ClN4O. The van der Waals surface area contributed by atoms with E-state index in [1.165, 1.54) is 0 Å². The third-order valence-electron chi connectivity index (χ3n) is 3.51. The van der Waals surface area contributed by atoms with Crippen LogP contribution in [0.5, 0.6) is 0 Å². The molecule has 0 fully saturated rings. The van der Waals surface area contributed by atoms with Crippen molar-refractivity contribution >= 4 is 29.0 Å². The van der Waals surface area contributed by atoms with Gasteiger partial charge in [-0.15, -0.1) is 0 Å². The van der Waals surface area contributed by atoms with Crippen LogP contribution in [0.3, 0.4) is 0 Å². The molecule has 0 aliphatic rings. The zero-order chi connectivity index (χ0) is 17.5. The lowest BCUT2D eigenvalue weighted by molar-refractivity contribution is -0.115. The van der Waals surface area contributed by atoms with Crippen LogP contribution in [0.1, 0.15) is 11.3 Å². The summed E-state index contributed by atoms with van der Waals surface area (Å²) in [4.78, 5) is 20.6. The van der Waals surface area contributed by atoms with Crippen molar-refractivity contribution < 1.29 is 4.79 Å². The number of anilines is 2. The monoisotopic (exact) mass is 352 g/mol. The van der Waals surface area contributed by atoms with Crippen molar-refractivity contribution in [3.05, 3.63) is 83.3 Å². The van der Waals surface area contributed by atoms with Crippen molar-refractivity contribution in [2.45, 2.75) is 13.0 Å². The Hall–Kier alpha value is -2.92. The van der Waals surface area contributed by atoms with Crippen LogP contribution in [-0.4, -0.2) is 15.9 Å². The van der Waals surface area contributed by atoms with Crippen molar-refractivity contribution in [2.75, 3.05) is 10.6 Å². The Morgan fingerprint density at radius 1 is 1.00 bits per heavy atom. The average molecular weight is 353 g/mol. The van der Waals surface area contributed by atoms with Crippen molar-refractivity contribution in [3.63, 3.8) is 0 Å². The standard InChI is InChI=1S/C19H17ClN4O/c20-15-6-4-14(5-7-15)11-19(25)24-18-9-8-17(13-23-18)22-12-16-3-1-2-10-21-16/h1-10,13,22H,11-12H2,(H,23,24,25). The van der Waals surface area contributed by atoms with Gasteiger partial charge in [0.2, 0.25) is 5.91 Å². The number of hydrogen-bond acceptors (Lipinski definition) is 4. The molecule has 126 valence electrons. The summed E-state index contributed by atoms with van der Waals surface area (Å²) in [5.74, 6) is 0.395. The Balaban J connectivity index is 1.51. The van der Waals surface area contributed by atoms with Crippen LogP contribution in [0.15, 0.2) is 67.0 Å². The molecule has 2 N–H and O–H groups in total. The van der Waals surface area contributed by atoms with Crippen molar-refractivity contribution in [2.24, 2.45) is 0 Å². The van der Waals surface area contributed by atoms with Gasteiger partial charge in [0.05, 0.1) is 30.5 Å². The van der Waals surface area contributed by atoms with E-state index < -0.39 is 0 Å². The zero-order valence-electron chi connectivity index (χ0n) is 13.4. The molecule has 0 aliphatic carbocycles. The summed E-state index contributed by atoms with van der Waals surface area (Å²) in [6.45, 7) is 0.616. The highest BCUT2D eigenvalue weighted by Crippen LogP contribution is 2.13. The topological polar surface area (TPSA) is 66.9 Å². The third kappa shape index (κ3) is 5.29. The molecule has 0 atom stereocenters. The maximum absolute atomic E-state index is 12.1. The lowest BCUT2D eigenvalue weighted by Crippen LogP contribution is -2.15. The van der Waals surface area contributed by atoms with Gasteiger partial charge in [-0.3, -0.25) is 9.78 Å². The van der Waals surface area contributed by atoms with Crippen LogP contribution in [0.2, 0.25) is 5.02 Å². The van der Waals surface area contributed by atoms with Crippen LogP contribution in [0.25, 0.3) is 0 Å². The Morgan fingerprint density at radius 2 is 1.84 bits per heavy atom. The van der Waals surface area contributed by atoms with Crippen LogP contribution >= 0.6 is 11.6 Å². The quantitative estimate of drug-likeness (QED) is 0.705. The molecule has 1 aromatic carbocycles. The normalized spacial score (nSPS) is 10.3. The molecule has 0 saturated heterocycles. The van der Waals surface area contributed by atoms with E-state index in [4.69, 9.17) is 11.6 Å². The Bertz CT molecular complexity index is 820. The second-order valence-electron chi connectivity index (χ2n) is 5.46. The SMILES string of the molecule is O=C(Cc1ccc(Cl)cc1)Nc1ccc(NCc2ccccn2)cn1. The highest BCUT2D eigenvalue weighted by Gasteiger charge is 2.05. The highest BCUT2D eigenvalue weighted by molar-refractivity contribution is 6.30. The summed E-state index contributed by atoms with van der Waals surface area (Å²) in [6, 6.07) is 16.6. The van der Waals surface area contributed by atoms with Crippen LogP contribution in [0, 0.1) is 0 Å². The summed E-state index contributed by atoms with van der Waals surface area (Å²) in [5, 5.41) is 6.67. The maximum Gasteiger partial charge on any atom is 0.229 e. The van der Waals surface area contributed by atoms with Gasteiger partial charge in [0.1, 0.15) is 5.82 Å². The summed E-state index contributed by atoms with van der Waals surface area (Å²) < 4.78 is 0. The molecule has 6 heteroatoms. The maximum atomic E-state index is 12.1. The predicted molar refractivity (Wildman–Crippen MR) is 99.6 cm³/mol. The first-order valence-corrected chi connectivity index (χ1v) is 8.21. The number of carbonyl (C=O) groups excluding carboxylic acids is 1. The Morgan fingerprint density at radius 3 is 2.52 bits per heavy atom. The molecule has 5 nitrogen and oxygen atoms in total. The van der Waals surface area contributed by atoms with E-state index in [0.29, 0.717) is 17.4 Å². The van der Waals surface area contributed by atoms with Gasteiger partial charge in [-0.25, -0.2) is 4.98 Å². The second-order valence-corrected chi connectivity index (χ2v) is 5.89. The minimum Gasteiger partial charge on any atom is -0.378 e. The molecule has 0 saturated carbocycles. The fourth-order valence-corrected chi connectivity index (χ4v) is 2.37. The average Bonchev–Trinajstić information content (AvgIpc) is 2.64. The molecule has 0 spiro atoms. The van der Waals surface area contributed by atoms with Crippen LogP contribution in [0.4, 0.5) is 11.5 Å². The van der Waals surface area contributed by atoms with Gasteiger partial charge >= 0.3 is 0 Å². The van der Waals surface area contributed by atoms with Gasteiger partial charge in [0.15, 0.2) is 0 Å². The number of rotatable bonds is 6. The first-order chi connectivity index (χ1) is 12.2. The smallest absolute Gasteiger partial charge is 0.229 e. The van der Waals surface area contributed by atoms with E-state index in [0.717, 1.165) is 16.9 Å². The molecule has 1 amide bonds. The number of carbonyl (C=O) groups is 1. The van der Waals surface area contributed by atoms with E-state index in [9.17, 15) is 4.79 Å². The van der Waals surface area contributed by atoms with E-state index >= 15 is 0 Å². The van der Waals surface area contributed by atoms with Crippen molar-refractivity contribution in [1.82, 2.24) is 9.97 Å². The summed E-state index contributed by atoms with van der Waals surface area (Å²) in [7, 11) is 0. The molecule has 0 radical (unpaired) electrons. The lowest BCUT2D eigenvalue weighted by atomic mass is 10.1. The van der Waals surface area contributed by atoms with Gasteiger partial charge in [-0.05, 0) is 42.0 Å². The Labute approximate surface area is 151 Å². The fraction of sp³-hybridized carbons (Fsp3) is 0.105. The molecule has 2 aromatic heterocycles. The van der Waals surface area contributed by atoms with Crippen molar-refractivity contribution in [1.29, 1.82) is 0 Å². The van der Waals surface area contributed by atoms with Gasteiger partial charge < -0.3 is 10.6 Å². The van der Waals surface area contributed by atoms with E-state index in [1.807, 2.05) is 36.4 Å². The largest absolute Gasteiger partial charge is 0.378 e. The first kappa shape index (κ1) is 16.9. The summed E-state index contributed by atoms with van der Waals surface area (Å²) in [6.07, 6.45) is 3.72. The van der Waals surface area contributed by atoms with Crippen molar-refractivity contribution in [3.8, 4) is 0 Å². The number of hydrogen-bond donors (Lipinski definition) is 2. The van der Waals surface area contributed by atoms with Crippen LogP contribution in [-0.2, 0) is 17.8 Å². The van der Waals surface area contributed by atoms with Gasteiger partial charge in [-0.1, -0.05) is 29.8 Å². The molecular weight excluding hydrogens is 336 g/mol. The minimum atomic E-state index is -0.121. The molecule has 3 aromatic rings. The molecule has 2 heterocycles. The number of halogens is 1. The predicted octanol–water partition coefficient (Wildman–Crippen LogP) is 3.92. The van der Waals surface area contributed by atoms with Gasteiger partial charge in [-0.2, -0.15) is 0 Å². The first-order valence-electron chi connectivity index (χ1n) is 7.83. The van der Waals surface area contributed by atoms with Gasteiger partial charge in [0.25, 0.3) is 0 Å². The number of amides is 1. The van der Waals surface area contributed by atoms with E-state index in [2.05, 4.69) is 20.6 Å². The fourth-order valence-electron chi connectivity index (χ4n) is 2.24. The number of nitrogens with one attached hydrogen (secondary N) is 2. The summed E-state index contributed by atoms with van der Waals surface area (Å²) in [5.41, 5.74) is 2.71. The molecule has 25 heavy (non-hydrogen) atoms. The highest BCUT2D eigenvalue weighted by atomic mass is 35.5. The number of aromatic nitrogens is 2. The Kier molecular flexibility index (Phi) is 5.59. The molecule has 0 aliphatic heterocycles. The van der Waals surface area contributed by atoms with E-state index in [-0.39, 0.29) is 12.3 Å². The number of pyridine rings is 2. The molecule has 3 rings (SSSR count). The van der Waals surface area contributed by atoms with E-state index in [1.54, 1.807) is 30.6 Å². The second kappa shape index (κ2) is 8.26. The summed E-state index contributed by atoms with van der Waals surface area (Å²) >= 11 is 5.84. The molecule has 0 unspecified atom stereocenters. The zero-order valence-corrected chi connectivity index (χ0v) is 14.2. The number of nitrogens with zero attached hydrogens (tertiary/aromatic N) is 2.